The summed E-state index contributed by atoms with van der Waals surface area (Å²) in [5.74, 6) is 0.565. The number of aromatic nitrogens is 2. The summed E-state index contributed by atoms with van der Waals surface area (Å²) in [5, 5.41) is 0. The molecule has 0 radical (unpaired) electrons. The van der Waals surface area contributed by atoms with Crippen molar-refractivity contribution < 1.29 is 4.79 Å². The van der Waals surface area contributed by atoms with Crippen LogP contribution in [-0.4, -0.2) is 15.5 Å². The summed E-state index contributed by atoms with van der Waals surface area (Å²) < 4.78 is 1.83. The SMILES string of the molecule is Cc1nc2cccc(N=C=O)n2c1C. The molecule has 0 saturated carbocycles. The quantitative estimate of drug-likeness (QED) is 0.505. The van der Waals surface area contributed by atoms with Crippen LogP contribution in [0, 0.1) is 13.8 Å². The van der Waals surface area contributed by atoms with Crippen molar-refractivity contribution in [2.75, 3.05) is 0 Å². The molecule has 14 heavy (non-hydrogen) atoms. The molecule has 0 fully saturated rings. The van der Waals surface area contributed by atoms with Crippen LogP contribution in [0.1, 0.15) is 11.4 Å². The van der Waals surface area contributed by atoms with Crippen LogP contribution < -0.4 is 0 Å². The number of aliphatic imine (C=N–C) groups is 1. The lowest BCUT2D eigenvalue weighted by Crippen LogP contribution is -1.88. The molecule has 70 valence electrons. The Bertz CT molecular complexity index is 536. The number of rotatable bonds is 1. The Morgan fingerprint density at radius 2 is 2.21 bits per heavy atom. The molecule has 4 nitrogen and oxygen atoms in total. The maximum atomic E-state index is 10.2. The summed E-state index contributed by atoms with van der Waals surface area (Å²) in [5.41, 5.74) is 2.74. The predicted octanol–water partition coefficient (Wildman–Crippen LogP) is 1.92. The van der Waals surface area contributed by atoms with E-state index in [0.717, 1.165) is 17.0 Å². The van der Waals surface area contributed by atoms with Gasteiger partial charge in [-0.25, -0.2) is 9.78 Å². The lowest BCUT2D eigenvalue weighted by Gasteiger charge is -1.99. The molecule has 2 heterocycles. The standard InChI is InChI=1S/C10H9N3O/c1-7-8(2)13-9(11-6-14)4-3-5-10(13)12-7/h3-5H,1-2H3. The van der Waals surface area contributed by atoms with Gasteiger partial charge >= 0.3 is 0 Å². The first-order valence-electron chi connectivity index (χ1n) is 4.26. The van der Waals surface area contributed by atoms with E-state index in [9.17, 15) is 4.79 Å². The molecule has 0 atom stereocenters. The molecule has 0 aliphatic carbocycles. The summed E-state index contributed by atoms with van der Waals surface area (Å²) >= 11 is 0. The smallest absolute Gasteiger partial charge is 0.242 e. The van der Waals surface area contributed by atoms with Crippen molar-refractivity contribution in [1.82, 2.24) is 9.38 Å². The van der Waals surface area contributed by atoms with Crippen LogP contribution in [0.25, 0.3) is 5.65 Å². The van der Waals surface area contributed by atoms with Crippen molar-refractivity contribution in [3.8, 4) is 0 Å². The third-order valence-electron chi connectivity index (χ3n) is 2.25. The van der Waals surface area contributed by atoms with Crippen molar-refractivity contribution in [2.45, 2.75) is 13.8 Å². The van der Waals surface area contributed by atoms with Gasteiger partial charge in [-0.3, -0.25) is 4.40 Å². The first-order valence-corrected chi connectivity index (χ1v) is 4.26. The second kappa shape index (κ2) is 3.09. The Morgan fingerprint density at radius 1 is 1.43 bits per heavy atom. The van der Waals surface area contributed by atoms with Gasteiger partial charge < -0.3 is 0 Å². The molecule has 0 bridgehead atoms. The average molecular weight is 187 g/mol. The van der Waals surface area contributed by atoms with Gasteiger partial charge in [-0.05, 0) is 26.0 Å². The van der Waals surface area contributed by atoms with E-state index >= 15 is 0 Å². The molecular formula is C10H9N3O. The molecule has 0 aliphatic rings. The molecule has 0 spiro atoms. The second-order valence-electron chi connectivity index (χ2n) is 3.06. The average Bonchev–Trinajstić information content (AvgIpc) is 2.45. The third kappa shape index (κ3) is 1.13. The van der Waals surface area contributed by atoms with Crippen molar-refractivity contribution in [1.29, 1.82) is 0 Å². The zero-order valence-electron chi connectivity index (χ0n) is 7.98. The Balaban J connectivity index is 2.90. The largest absolute Gasteiger partial charge is 0.281 e. The maximum absolute atomic E-state index is 10.2. The van der Waals surface area contributed by atoms with Crippen LogP contribution in [0.4, 0.5) is 5.82 Å². The van der Waals surface area contributed by atoms with Gasteiger partial charge in [0.05, 0.1) is 5.69 Å². The van der Waals surface area contributed by atoms with E-state index in [1.807, 2.05) is 30.4 Å². The monoisotopic (exact) mass is 187 g/mol. The van der Waals surface area contributed by atoms with E-state index in [0.29, 0.717) is 5.82 Å². The Labute approximate surface area is 80.9 Å². The fourth-order valence-electron chi connectivity index (χ4n) is 1.47. The number of isocyanates is 1. The van der Waals surface area contributed by atoms with Crippen molar-refractivity contribution in [2.24, 2.45) is 4.99 Å². The highest BCUT2D eigenvalue weighted by Gasteiger charge is 2.06. The Hall–Kier alpha value is -1.93. The molecule has 2 rings (SSSR count). The minimum atomic E-state index is 0.565. The van der Waals surface area contributed by atoms with Gasteiger partial charge in [-0.15, -0.1) is 4.99 Å². The second-order valence-corrected chi connectivity index (χ2v) is 3.06. The van der Waals surface area contributed by atoms with E-state index in [1.54, 1.807) is 6.07 Å². The zero-order chi connectivity index (χ0) is 10.1. The highest BCUT2D eigenvalue weighted by Crippen LogP contribution is 2.18. The number of fused-ring (bicyclic) bond motifs is 1. The fourth-order valence-corrected chi connectivity index (χ4v) is 1.47. The Morgan fingerprint density at radius 3 is 2.93 bits per heavy atom. The number of carbonyl (C=O) groups excluding carboxylic acids is 1. The summed E-state index contributed by atoms with van der Waals surface area (Å²) in [6, 6.07) is 5.45. The van der Waals surface area contributed by atoms with E-state index in [-0.39, 0.29) is 0 Å². The number of pyridine rings is 1. The summed E-state index contributed by atoms with van der Waals surface area (Å²) in [4.78, 5) is 18.2. The first-order chi connectivity index (χ1) is 6.74. The van der Waals surface area contributed by atoms with Crippen LogP contribution in [-0.2, 0) is 4.79 Å². The van der Waals surface area contributed by atoms with Gasteiger partial charge in [0.25, 0.3) is 0 Å². The maximum Gasteiger partial charge on any atom is 0.242 e. The summed E-state index contributed by atoms with van der Waals surface area (Å²) in [6.45, 7) is 3.87. The fraction of sp³-hybridized carbons (Fsp3) is 0.200. The van der Waals surface area contributed by atoms with Crippen LogP contribution in [0.2, 0.25) is 0 Å². The molecule has 0 saturated heterocycles. The third-order valence-corrected chi connectivity index (χ3v) is 2.25. The molecule has 0 aromatic carbocycles. The molecule has 0 amide bonds. The zero-order valence-corrected chi connectivity index (χ0v) is 7.98. The van der Waals surface area contributed by atoms with Crippen LogP contribution in [0.15, 0.2) is 23.2 Å². The van der Waals surface area contributed by atoms with Gasteiger partial charge in [0.2, 0.25) is 6.08 Å². The molecule has 0 aliphatic heterocycles. The van der Waals surface area contributed by atoms with Gasteiger partial charge in [-0.1, -0.05) is 6.07 Å². The topological polar surface area (TPSA) is 46.7 Å². The highest BCUT2D eigenvalue weighted by molar-refractivity contribution is 5.54. The number of nitrogens with zero attached hydrogens (tertiary/aromatic N) is 3. The number of aryl methyl sites for hydroxylation is 2. The van der Waals surface area contributed by atoms with Crippen LogP contribution in [0.5, 0.6) is 0 Å². The molecule has 4 heteroatoms. The number of hydrogen-bond donors (Lipinski definition) is 0. The molecule has 0 unspecified atom stereocenters. The molecule has 2 aromatic heterocycles. The van der Waals surface area contributed by atoms with Crippen LogP contribution in [0.3, 0.4) is 0 Å². The molecular weight excluding hydrogens is 178 g/mol. The predicted molar refractivity (Wildman–Crippen MR) is 52.4 cm³/mol. The highest BCUT2D eigenvalue weighted by atomic mass is 16.1. The normalized spacial score (nSPS) is 10.1. The van der Waals surface area contributed by atoms with Crippen molar-refractivity contribution in [3.05, 3.63) is 29.6 Å². The van der Waals surface area contributed by atoms with Crippen LogP contribution >= 0.6 is 0 Å². The van der Waals surface area contributed by atoms with E-state index in [1.165, 1.54) is 6.08 Å². The molecule has 2 aromatic rings. The minimum Gasteiger partial charge on any atom is -0.281 e. The lowest BCUT2D eigenvalue weighted by molar-refractivity contribution is 0.565. The minimum absolute atomic E-state index is 0.565. The van der Waals surface area contributed by atoms with E-state index in [2.05, 4.69) is 9.98 Å². The van der Waals surface area contributed by atoms with Gasteiger partial charge in [0, 0.05) is 5.69 Å². The van der Waals surface area contributed by atoms with Gasteiger partial charge in [0.15, 0.2) is 5.82 Å². The number of imidazole rings is 1. The summed E-state index contributed by atoms with van der Waals surface area (Å²) in [6.07, 6.45) is 1.54. The van der Waals surface area contributed by atoms with Gasteiger partial charge in [0.1, 0.15) is 5.65 Å². The number of hydrogen-bond acceptors (Lipinski definition) is 3. The van der Waals surface area contributed by atoms with Crippen molar-refractivity contribution in [3.63, 3.8) is 0 Å². The van der Waals surface area contributed by atoms with E-state index in [4.69, 9.17) is 0 Å². The first kappa shape index (κ1) is 8.66. The van der Waals surface area contributed by atoms with Crippen molar-refractivity contribution >= 4 is 17.5 Å². The summed E-state index contributed by atoms with van der Waals surface area (Å²) in [7, 11) is 0. The Kier molecular flexibility index (Phi) is 1.91. The lowest BCUT2D eigenvalue weighted by atomic mass is 10.4. The van der Waals surface area contributed by atoms with E-state index < -0.39 is 0 Å². The van der Waals surface area contributed by atoms with Gasteiger partial charge in [-0.2, -0.15) is 0 Å². The molecule has 0 N–H and O–H groups in total.